The average molecular weight is 331 g/mol. The van der Waals surface area contributed by atoms with E-state index in [0.29, 0.717) is 16.8 Å². The summed E-state index contributed by atoms with van der Waals surface area (Å²) in [6.45, 7) is 6.10. The number of fused-ring (bicyclic) bond motifs is 1. The molecule has 0 amide bonds. The van der Waals surface area contributed by atoms with Crippen molar-refractivity contribution in [3.05, 3.63) is 76.2 Å². The minimum absolute atomic E-state index is 0.190. The Morgan fingerprint density at radius 1 is 0.920 bits per heavy atom. The maximum absolute atomic E-state index is 12.5. The van der Waals surface area contributed by atoms with E-state index in [-0.39, 0.29) is 17.1 Å². The molecule has 124 valence electrons. The fraction of sp³-hybridized carbons (Fsp3) is 0.190. The summed E-state index contributed by atoms with van der Waals surface area (Å²) in [4.78, 5) is 31.0. The molecule has 0 aromatic heterocycles. The monoisotopic (exact) mass is 331 g/mol. The summed E-state index contributed by atoms with van der Waals surface area (Å²) in [5.74, 6) is -0.413. The molecule has 0 radical (unpaired) electrons. The highest BCUT2D eigenvalue weighted by Crippen LogP contribution is 2.23. The van der Waals surface area contributed by atoms with E-state index in [1.807, 2.05) is 24.3 Å². The van der Waals surface area contributed by atoms with Crippen molar-refractivity contribution in [3.8, 4) is 6.07 Å². The topological polar surface area (TPSA) is 41.7 Å². The van der Waals surface area contributed by atoms with Gasteiger partial charge >= 0.3 is 11.8 Å². The molecule has 0 heterocycles. The Morgan fingerprint density at radius 2 is 1.56 bits per heavy atom. The minimum Gasteiger partial charge on any atom is -0.372 e. The van der Waals surface area contributed by atoms with Crippen LogP contribution in [0.2, 0.25) is 0 Å². The zero-order valence-corrected chi connectivity index (χ0v) is 14.3. The number of allylic oxidation sites excluding steroid dienone is 2. The number of Topliss-reactive ketones (excluding diaryl/α,β-unsaturated/α-hetero) is 1. The van der Waals surface area contributed by atoms with Crippen LogP contribution in [-0.2, 0) is 0 Å². The molecule has 4 heteroatoms. The summed E-state index contributed by atoms with van der Waals surface area (Å²) < 4.78 is 0. The van der Waals surface area contributed by atoms with Crippen molar-refractivity contribution in [3.63, 3.8) is 0 Å². The number of carbonyl (C=O) groups is 2. The van der Waals surface area contributed by atoms with Crippen LogP contribution in [0, 0.1) is 6.07 Å². The molecule has 2 aromatic carbocycles. The van der Waals surface area contributed by atoms with E-state index in [4.69, 9.17) is 0 Å². The summed E-state index contributed by atoms with van der Waals surface area (Å²) in [7, 11) is 0. The number of benzene rings is 2. The van der Waals surface area contributed by atoms with Crippen molar-refractivity contribution in [1.29, 1.82) is 0 Å². The molecule has 1 aliphatic carbocycles. The van der Waals surface area contributed by atoms with Gasteiger partial charge in [-0.2, -0.15) is 0 Å². The van der Waals surface area contributed by atoms with Gasteiger partial charge in [-0.3, -0.25) is 9.59 Å². The second-order valence-corrected chi connectivity index (χ2v) is 5.71. The van der Waals surface area contributed by atoms with Gasteiger partial charge in [0.05, 0.1) is 0 Å². The highest BCUT2D eigenvalue weighted by Gasteiger charge is 2.27. The predicted octanol–water partition coefficient (Wildman–Crippen LogP) is 4.50. The maximum atomic E-state index is 12.5. The zero-order chi connectivity index (χ0) is 17.8. The normalized spacial score (nSPS) is 12.8. The van der Waals surface area contributed by atoms with Crippen molar-refractivity contribution in [1.82, 2.24) is 0 Å². The summed E-state index contributed by atoms with van der Waals surface area (Å²) >= 11 is 0. The van der Waals surface area contributed by atoms with Crippen molar-refractivity contribution in [2.45, 2.75) is 13.8 Å². The first-order valence-electron chi connectivity index (χ1n) is 8.35. The molecule has 0 spiro atoms. The van der Waals surface area contributed by atoms with Crippen LogP contribution in [0.5, 0.6) is 0 Å². The number of nitrogens with zero attached hydrogens (tertiary/aromatic N) is 2. The lowest BCUT2D eigenvalue weighted by Crippen LogP contribution is -2.21. The molecule has 0 saturated carbocycles. The second-order valence-electron chi connectivity index (χ2n) is 5.71. The van der Waals surface area contributed by atoms with E-state index in [9.17, 15) is 9.59 Å². The molecule has 0 aliphatic heterocycles. The largest absolute Gasteiger partial charge is 0.372 e. The minimum atomic E-state index is -0.223. The Kier molecular flexibility index (Phi) is 4.76. The highest BCUT2D eigenvalue weighted by molar-refractivity contribution is 6.26. The third kappa shape index (κ3) is 3.36. The number of hydrogen-bond acceptors (Lipinski definition) is 3. The number of ketones is 2. The molecule has 0 N–H and O–H groups in total. The number of carbonyl (C=O) groups excluding carboxylic acids is 2. The number of rotatable bonds is 3. The maximum Gasteiger partial charge on any atom is 0.340 e. The summed E-state index contributed by atoms with van der Waals surface area (Å²) in [6.07, 6.45) is 1.30. The molecule has 1 aliphatic rings. The predicted molar refractivity (Wildman–Crippen MR) is 100 cm³/mol. The second kappa shape index (κ2) is 7.14. The van der Waals surface area contributed by atoms with Crippen LogP contribution in [0.25, 0.3) is 4.85 Å². The third-order valence-corrected chi connectivity index (χ3v) is 4.24. The average Bonchev–Trinajstić information content (AvgIpc) is 2.65. The lowest BCUT2D eigenvalue weighted by Gasteiger charge is -2.20. The molecule has 2 aromatic rings. The van der Waals surface area contributed by atoms with Crippen LogP contribution in [0.1, 0.15) is 34.6 Å². The van der Waals surface area contributed by atoms with Crippen LogP contribution < -0.4 is 4.90 Å². The van der Waals surface area contributed by atoms with Gasteiger partial charge in [-0.15, -0.1) is 0 Å². The van der Waals surface area contributed by atoms with E-state index >= 15 is 0 Å². The Balaban J connectivity index is 1.85. The molecular formula is C21H19N2O2+. The highest BCUT2D eigenvalue weighted by atomic mass is 16.1. The van der Waals surface area contributed by atoms with Crippen molar-refractivity contribution >= 4 is 22.9 Å². The number of anilines is 1. The van der Waals surface area contributed by atoms with Crippen LogP contribution in [0.3, 0.4) is 0 Å². The number of hydrogen-bond donors (Lipinski definition) is 0. The molecular weight excluding hydrogens is 312 g/mol. The van der Waals surface area contributed by atoms with Gasteiger partial charge in [0.1, 0.15) is 0 Å². The van der Waals surface area contributed by atoms with E-state index in [0.717, 1.165) is 18.8 Å². The van der Waals surface area contributed by atoms with E-state index < -0.39 is 0 Å². The van der Waals surface area contributed by atoms with E-state index in [1.165, 1.54) is 6.08 Å². The van der Waals surface area contributed by atoms with Gasteiger partial charge in [-0.25, -0.2) is 0 Å². The van der Waals surface area contributed by atoms with Crippen LogP contribution in [0.4, 0.5) is 11.4 Å². The third-order valence-electron chi connectivity index (χ3n) is 4.24. The van der Waals surface area contributed by atoms with Crippen LogP contribution >= 0.6 is 0 Å². The summed E-state index contributed by atoms with van der Waals surface area (Å²) in [5.41, 5.74) is 2.85. The molecule has 0 unspecified atom stereocenters. The fourth-order valence-electron chi connectivity index (χ4n) is 2.85. The Bertz CT molecular complexity index is 911. The molecule has 0 fully saturated rings. The molecule has 0 atom stereocenters. The standard InChI is InChI=1S/C21H19N2O2/c1-3-23(4-2)17-11-9-16(10-12-17)22-14-15-13-20(24)18-7-5-6-8-19(18)21(15)25/h5-13H,3-4H2,1-2H3/q+1. The van der Waals surface area contributed by atoms with Gasteiger partial charge in [0.25, 0.3) is 0 Å². The Hall–Kier alpha value is -3.19. The van der Waals surface area contributed by atoms with Crippen molar-refractivity contribution < 1.29 is 9.59 Å². The smallest absolute Gasteiger partial charge is 0.340 e. The van der Waals surface area contributed by atoms with Crippen molar-refractivity contribution in [2.75, 3.05) is 18.0 Å². The van der Waals surface area contributed by atoms with Crippen LogP contribution in [0.15, 0.2) is 60.2 Å². The first-order chi connectivity index (χ1) is 12.1. The zero-order valence-electron chi connectivity index (χ0n) is 14.3. The first-order valence-corrected chi connectivity index (χ1v) is 8.35. The fourth-order valence-corrected chi connectivity index (χ4v) is 2.85. The first kappa shape index (κ1) is 16.7. The lowest BCUT2D eigenvalue weighted by atomic mass is 9.90. The van der Waals surface area contributed by atoms with Gasteiger partial charge in [-0.05, 0) is 30.8 Å². The van der Waals surface area contributed by atoms with Gasteiger partial charge in [0.15, 0.2) is 11.4 Å². The SMILES string of the molecule is CCN(CC)c1ccc([N+]#CC2=CC(=O)c3ccccc3C2=O)cc1. The summed E-state index contributed by atoms with van der Waals surface area (Å²) in [6, 6.07) is 17.3. The molecule has 3 rings (SSSR count). The Morgan fingerprint density at radius 3 is 2.20 bits per heavy atom. The lowest BCUT2D eigenvalue weighted by molar-refractivity contribution is 0.0988. The molecule has 0 bridgehead atoms. The van der Waals surface area contributed by atoms with Crippen LogP contribution in [-0.4, -0.2) is 24.7 Å². The van der Waals surface area contributed by atoms with Gasteiger partial charge in [0.2, 0.25) is 5.78 Å². The molecule has 4 nitrogen and oxygen atoms in total. The van der Waals surface area contributed by atoms with E-state index in [2.05, 4.69) is 29.7 Å². The quantitative estimate of drug-likeness (QED) is 0.831. The van der Waals surface area contributed by atoms with Gasteiger partial charge < -0.3 is 4.90 Å². The van der Waals surface area contributed by atoms with Gasteiger partial charge in [-0.1, -0.05) is 24.3 Å². The van der Waals surface area contributed by atoms with Crippen molar-refractivity contribution in [2.24, 2.45) is 0 Å². The van der Waals surface area contributed by atoms with Gasteiger partial charge in [0, 0.05) is 48.1 Å². The van der Waals surface area contributed by atoms with E-state index in [1.54, 1.807) is 24.3 Å². The molecule has 25 heavy (non-hydrogen) atoms. The molecule has 0 saturated heterocycles. The summed E-state index contributed by atoms with van der Waals surface area (Å²) in [5, 5.41) is 0. The Labute approximate surface area is 147 Å².